The van der Waals surface area contributed by atoms with Crippen LogP contribution in [0.4, 0.5) is 4.39 Å². The number of aliphatic hydroxyl groups excluding tert-OH is 1. The van der Waals surface area contributed by atoms with Crippen molar-refractivity contribution >= 4 is 0 Å². The van der Waals surface area contributed by atoms with Crippen molar-refractivity contribution in [1.29, 1.82) is 0 Å². The first-order valence-corrected chi connectivity index (χ1v) is 12.5. The molecule has 0 bridgehead atoms. The molecule has 0 saturated heterocycles. The van der Waals surface area contributed by atoms with Crippen molar-refractivity contribution in [3.8, 4) is 17.3 Å². The summed E-state index contributed by atoms with van der Waals surface area (Å²) < 4.78 is 28.2. The molecule has 7 heteroatoms. The summed E-state index contributed by atoms with van der Waals surface area (Å²) in [5, 5.41) is 15.5. The molecule has 6 nitrogen and oxygen atoms in total. The Morgan fingerprint density at radius 2 is 1.80 bits per heavy atom. The van der Waals surface area contributed by atoms with Gasteiger partial charge in [0.2, 0.25) is 5.88 Å². The summed E-state index contributed by atoms with van der Waals surface area (Å²) in [5.41, 5.74) is 2.66. The van der Waals surface area contributed by atoms with Gasteiger partial charge in [-0.1, -0.05) is 51.1 Å². The zero-order valence-corrected chi connectivity index (χ0v) is 20.9. The second-order valence-corrected chi connectivity index (χ2v) is 9.61. The average molecular weight is 482 g/mol. The number of aliphatic hydroxyl groups is 1. The molecule has 1 heterocycles. The number of rotatable bonds is 13. The highest BCUT2D eigenvalue weighted by Crippen LogP contribution is 2.36. The molecule has 0 aliphatic heterocycles. The fourth-order valence-corrected chi connectivity index (χ4v) is 4.15. The van der Waals surface area contributed by atoms with E-state index >= 15 is 0 Å². The highest BCUT2D eigenvalue weighted by molar-refractivity contribution is 5.44. The van der Waals surface area contributed by atoms with E-state index in [9.17, 15) is 9.50 Å². The third kappa shape index (κ3) is 6.69. The lowest BCUT2D eigenvalue weighted by molar-refractivity contribution is 0.00535. The zero-order valence-electron chi connectivity index (χ0n) is 20.9. The Morgan fingerprint density at radius 1 is 1.09 bits per heavy atom. The summed E-state index contributed by atoms with van der Waals surface area (Å²) in [6.07, 6.45) is 2.32. The fraction of sp³-hybridized carbons (Fsp3) is 0.464. The van der Waals surface area contributed by atoms with Crippen molar-refractivity contribution in [2.45, 2.75) is 58.7 Å². The van der Waals surface area contributed by atoms with Crippen molar-refractivity contribution in [2.75, 3.05) is 19.8 Å². The molecule has 35 heavy (non-hydrogen) atoms. The molecule has 0 radical (unpaired) electrons. The van der Waals surface area contributed by atoms with Crippen LogP contribution in [0.2, 0.25) is 0 Å². The van der Waals surface area contributed by atoms with E-state index < -0.39 is 11.9 Å². The molecule has 188 valence electrons. The largest absolute Gasteiger partial charge is 0.435 e. The van der Waals surface area contributed by atoms with Crippen LogP contribution in [0.1, 0.15) is 44.9 Å². The predicted molar refractivity (Wildman–Crippen MR) is 135 cm³/mol. The number of hydrogen-bond donors (Lipinski definition) is 1. The number of nitrogens with zero attached hydrogens (tertiary/aromatic N) is 3. The average Bonchev–Trinajstić information content (AvgIpc) is 3.64. The van der Waals surface area contributed by atoms with Gasteiger partial charge in [-0.3, -0.25) is 4.90 Å². The maximum absolute atomic E-state index is 14.6. The Kier molecular flexibility index (Phi) is 8.55. The van der Waals surface area contributed by atoms with E-state index in [-0.39, 0.29) is 5.75 Å². The molecule has 4 rings (SSSR count). The second kappa shape index (κ2) is 11.8. The quantitative estimate of drug-likeness (QED) is 0.356. The SMILES string of the molecule is CCc1nn(-c2ccccc2)c(Oc2ccccc2F)c1CN(C[C@H](O)COCC(C)C)C1CC1. The number of aromatic nitrogens is 2. The Labute approximate surface area is 207 Å². The Bertz CT molecular complexity index is 1080. The Hall–Kier alpha value is -2.74. The third-order valence-electron chi connectivity index (χ3n) is 6.03. The molecule has 1 aliphatic carbocycles. The maximum Gasteiger partial charge on any atom is 0.227 e. The van der Waals surface area contributed by atoms with E-state index in [2.05, 4.69) is 25.7 Å². The van der Waals surface area contributed by atoms with Crippen molar-refractivity contribution in [1.82, 2.24) is 14.7 Å². The summed E-state index contributed by atoms with van der Waals surface area (Å²) in [5.74, 6) is 0.674. The van der Waals surface area contributed by atoms with Gasteiger partial charge in [-0.15, -0.1) is 0 Å². The predicted octanol–water partition coefficient (Wildman–Crippen LogP) is 5.36. The zero-order chi connectivity index (χ0) is 24.8. The summed E-state index contributed by atoms with van der Waals surface area (Å²) in [6.45, 7) is 8.25. The first-order valence-electron chi connectivity index (χ1n) is 12.5. The maximum atomic E-state index is 14.6. The minimum atomic E-state index is -0.584. The third-order valence-corrected chi connectivity index (χ3v) is 6.03. The van der Waals surface area contributed by atoms with Crippen LogP contribution in [-0.4, -0.2) is 51.7 Å². The summed E-state index contributed by atoms with van der Waals surface area (Å²) >= 11 is 0. The normalized spacial score (nSPS) is 14.6. The lowest BCUT2D eigenvalue weighted by atomic mass is 10.1. The lowest BCUT2D eigenvalue weighted by Gasteiger charge is -2.25. The highest BCUT2D eigenvalue weighted by Gasteiger charge is 2.33. The number of aryl methyl sites for hydroxylation is 1. The molecule has 1 fully saturated rings. The molecule has 1 saturated carbocycles. The lowest BCUT2D eigenvalue weighted by Crippen LogP contribution is -2.36. The van der Waals surface area contributed by atoms with E-state index in [4.69, 9.17) is 14.6 Å². The van der Waals surface area contributed by atoms with E-state index in [1.54, 1.807) is 22.9 Å². The van der Waals surface area contributed by atoms with Crippen LogP contribution in [0.3, 0.4) is 0 Å². The van der Waals surface area contributed by atoms with Gasteiger partial charge in [0.05, 0.1) is 29.7 Å². The van der Waals surface area contributed by atoms with E-state index in [1.165, 1.54) is 6.07 Å². The minimum absolute atomic E-state index is 0.161. The summed E-state index contributed by atoms with van der Waals surface area (Å²) in [4.78, 5) is 2.28. The molecule has 0 amide bonds. The molecule has 0 unspecified atom stereocenters. The van der Waals surface area contributed by atoms with Crippen LogP contribution in [-0.2, 0) is 17.7 Å². The van der Waals surface area contributed by atoms with E-state index in [1.807, 2.05) is 30.3 Å². The van der Waals surface area contributed by atoms with Crippen LogP contribution in [0.5, 0.6) is 11.6 Å². The Morgan fingerprint density at radius 3 is 2.46 bits per heavy atom. The Balaban J connectivity index is 1.64. The van der Waals surface area contributed by atoms with Gasteiger partial charge in [0.15, 0.2) is 11.6 Å². The van der Waals surface area contributed by atoms with Crippen LogP contribution < -0.4 is 4.74 Å². The van der Waals surface area contributed by atoms with E-state index in [0.29, 0.717) is 50.6 Å². The molecule has 1 N–H and O–H groups in total. The van der Waals surface area contributed by atoms with Gasteiger partial charge in [0.25, 0.3) is 0 Å². The number of hydrogen-bond acceptors (Lipinski definition) is 5. The molecular formula is C28H36FN3O3. The van der Waals surface area contributed by atoms with Crippen molar-refractivity contribution in [3.05, 3.63) is 71.7 Å². The van der Waals surface area contributed by atoms with Gasteiger partial charge >= 0.3 is 0 Å². The van der Waals surface area contributed by atoms with Crippen LogP contribution in [0.15, 0.2) is 54.6 Å². The number of para-hydroxylation sites is 2. The van der Waals surface area contributed by atoms with Crippen LogP contribution in [0, 0.1) is 11.7 Å². The number of halogens is 1. The first kappa shape index (κ1) is 25.4. The number of ether oxygens (including phenoxy) is 2. The van der Waals surface area contributed by atoms with Gasteiger partial charge in [0.1, 0.15) is 0 Å². The molecule has 1 aromatic heterocycles. The minimum Gasteiger partial charge on any atom is -0.435 e. The van der Waals surface area contributed by atoms with Crippen molar-refractivity contribution < 1.29 is 19.0 Å². The smallest absolute Gasteiger partial charge is 0.227 e. The van der Waals surface area contributed by atoms with Gasteiger partial charge in [-0.05, 0) is 49.4 Å². The summed E-state index contributed by atoms with van der Waals surface area (Å²) in [6, 6.07) is 16.6. The van der Waals surface area contributed by atoms with Crippen LogP contribution in [0.25, 0.3) is 5.69 Å². The molecule has 1 aliphatic rings. The van der Waals surface area contributed by atoms with Crippen molar-refractivity contribution in [3.63, 3.8) is 0 Å². The second-order valence-electron chi connectivity index (χ2n) is 9.61. The highest BCUT2D eigenvalue weighted by atomic mass is 19.1. The standard InChI is InChI=1S/C28H36FN3O3/c1-4-26-24(17-31(21-14-15-21)16-23(33)19-34-18-20(2)3)28(35-27-13-9-8-12-25(27)29)32(30-26)22-10-6-5-7-11-22/h5-13,20-21,23,33H,4,14-19H2,1-3H3/t23-/m0/s1. The molecular weight excluding hydrogens is 445 g/mol. The summed E-state index contributed by atoms with van der Waals surface area (Å²) in [7, 11) is 0. The molecule has 3 aromatic rings. The molecule has 0 spiro atoms. The topological polar surface area (TPSA) is 59.8 Å². The van der Waals surface area contributed by atoms with Gasteiger partial charge in [-0.2, -0.15) is 5.10 Å². The van der Waals surface area contributed by atoms with Crippen LogP contribution >= 0.6 is 0 Å². The number of benzene rings is 2. The van der Waals surface area contributed by atoms with Gasteiger partial charge in [-0.25, -0.2) is 9.07 Å². The fourth-order valence-electron chi connectivity index (χ4n) is 4.15. The van der Waals surface area contributed by atoms with Gasteiger partial charge < -0.3 is 14.6 Å². The van der Waals surface area contributed by atoms with Gasteiger partial charge in [0, 0.05) is 25.7 Å². The monoisotopic (exact) mass is 481 g/mol. The molecule has 1 atom stereocenters. The van der Waals surface area contributed by atoms with E-state index in [0.717, 1.165) is 29.8 Å². The first-order chi connectivity index (χ1) is 17.0. The molecule has 2 aromatic carbocycles. The van der Waals surface area contributed by atoms with Crippen molar-refractivity contribution in [2.24, 2.45) is 5.92 Å².